The van der Waals surface area contributed by atoms with Gasteiger partial charge in [0.1, 0.15) is 4.88 Å². The number of aliphatic hydroxyl groups excluding tert-OH is 1. The van der Waals surface area contributed by atoms with Crippen molar-refractivity contribution >= 4 is 17.3 Å². The zero-order valence-electron chi connectivity index (χ0n) is 9.73. The first-order valence-corrected chi connectivity index (χ1v) is 6.18. The van der Waals surface area contributed by atoms with Gasteiger partial charge in [0.05, 0.1) is 19.8 Å². The molecule has 17 heavy (non-hydrogen) atoms. The molecule has 0 atom stereocenters. The Labute approximate surface area is 104 Å². The lowest BCUT2D eigenvalue weighted by molar-refractivity contribution is 0.0702. The van der Waals surface area contributed by atoms with Crippen molar-refractivity contribution in [3.05, 3.63) is 21.4 Å². The maximum absolute atomic E-state index is 10.8. The molecule has 0 radical (unpaired) electrons. The van der Waals surface area contributed by atoms with Crippen molar-refractivity contribution in [2.24, 2.45) is 0 Å². The first kappa shape index (κ1) is 14.1. The minimum Gasteiger partial charge on any atom is -0.477 e. The van der Waals surface area contributed by atoms with Gasteiger partial charge in [-0.15, -0.1) is 11.3 Å². The highest BCUT2D eigenvalue weighted by Gasteiger charge is 2.10. The van der Waals surface area contributed by atoms with Crippen molar-refractivity contribution in [2.75, 3.05) is 26.4 Å². The fraction of sp³-hybridized carbons (Fsp3) is 0.545. The maximum atomic E-state index is 10.8. The quantitative estimate of drug-likeness (QED) is 0.603. The number of hydrogen-bond acceptors (Lipinski definition) is 5. The van der Waals surface area contributed by atoms with E-state index in [0.29, 0.717) is 31.2 Å². The monoisotopic (exact) mass is 259 g/mol. The van der Waals surface area contributed by atoms with Crippen LogP contribution >= 0.6 is 11.3 Å². The number of aryl methyl sites for hydroxylation is 1. The number of thiophene rings is 1. The summed E-state index contributed by atoms with van der Waals surface area (Å²) in [5, 5.41) is 20.5. The van der Waals surface area contributed by atoms with Gasteiger partial charge in [-0.3, -0.25) is 0 Å². The van der Waals surface area contributed by atoms with Crippen LogP contribution in [0.4, 0.5) is 0 Å². The predicted octanol–water partition coefficient (Wildman–Crippen LogP) is 0.853. The fourth-order valence-corrected chi connectivity index (χ4v) is 2.22. The molecule has 3 N–H and O–H groups in total. The molecule has 1 heterocycles. The largest absolute Gasteiger partial charge is 0.477 e. The lowest BCUT2D eigenvalue weighted by Gasteiger charge is -2.04. The second-order valence-corrected chi connectivity index (χ2v) is 4.77. The first-order valence-electron chi connectivity index (χ1n) is 5.37. The van der Waals surface area contributed by atoms with Crippen molar-refractivity contribution in [3.8, 4) is 0 Å². The lowest BCUT2D eigenvalue weighted by atomic mass is 10.2. The number of carbonyl (C=O) groups is 1. The summed E-state index contributed by atoms with van der Waals surface area (Å²) in [7, 11) is 0. The summed E-state index contributed by atoms with van der Waals surface area (Å²) in [5.41, 5.74) is 1.01. The number of hydrogen-bond donors (Lipinski definition) is 3. The number of aliphatic hydroxyl groups is 1. The lowest BCUT2D eigenvalue weighted by Crippen LogP contribution is -2.20. The van der Waals surface area contributed by atoms with Crippen LogP contribution in [0.25, 0.3) is 0 Å². The molecule has 96 valence electrons. The Balaban J connectivity index is 2.29. The predicted molar refractivity (Wildman–Crippen MR) is 65.6 cm³/mol. The minimum atomic E-state index is -0.879. The second kappa shape index (κ2) is 7.39. The molecule has 0 spiro atoms. The molecule has 0 aliphatic heterocycles. The molecule has 0 aliphatic carbocycles. The van der Waals surface area contributed by atoms with E-state index in [1.165, 1.54) is 11.3 Å². The van der Waals surface area contributed by atoms with Gasteiger partial charge in [0.2, 0.25) is 0 Å². The van der Waals surface area contributed by atoms with Gasteiger partial charge in [-0.2, -0.15) is 0 Å². The van der Waals surface area contributed by atoms with Crippen LogP contribution in [0.3, 0.4) is 0 Å². The summed E-state index contributed by atoms with van der Waals surface area (Å²) in [6, 6.07) is 1.70. The van der Waals surface area contributed by atoms with E-state index in [-0.39, 0.29) is 6.61 Å². The van der Waals surface area contributed by atoms with Crippen molar-refractivity contribution in [3.63, 3.8) is 0 Å². The van der Waals surface area contributed by atoms with Crippen LogP contribution in [-0.4, -0.2) is 42.5 Å². The van der Waals surface area contributed by atoms with E-state index in [1.807, 2.05) is 6.92 Å². The van der Waals surface area contributed by atoms with Crippen LogP contribution in [0.5, 0.6) is 0 Å². The van der Waals surface area contributed by atoms with E-state index in [4.69, 9.17) is 14.9 Å². The molecule has 5 nitrogen and oxygen atoms in total. The van der Waals surface area contributed by atoms with Crippen molar-refractivity contribution in [1.29, 1.82) is 0 Å². The molecule has 0 fully saturated rings. The van der Waals surface area contributed by atoms with Gasteiger partial charge in [0, 0.05) is 18.0 Å². The summed E-state index contributed by atoms with van der Waals surface area (Å²) >= 11 is 1.29. The van der Waals surface area contributed by atoms with Crippen LogP contribution in [0.15, 0.2) is 6.07 Å². The molecule has 0 bridgehead atoms. The molecule has 1 rings (SSSR count). The molecule has 6 heteroatoms. The average Bonchev–Trinajstić information content (AvgIpc) is 2.65. The highest BCUT2D eigenvalue weighted by Crippen LogP contribution is 2.21. The summed E-state index contributed by atoms with van der Waals surface area (Å²) in [5.74, 6) is -0.879. The van der Waals surface area contributed by atoms with E-state index < -0.39 is 5.97 Å². The topological polar surface area (TPSA) is 78.8 Å². The summed E-state index contributed by atoms with van der Waals surface area (Å²) < 4.78 is 5.09. The van der Waals surface area contributed by atoms with Crippen LogP contribution in [-0.2, 0) is 11.3 Å². The zero-order valence-corrected chi connectivity index (χ0v) is 10.5. The van der Waals surface area contributed by atoms with E-state index >= 15 is 0 Å². The van der Waals surface area contributed by atoms with Gasteiger partial charge < -0.3 is 20.3 Å². The van der Waals surface area contributed by atoms with Gasteiger partial charge in [0.25, 0.3) is 0 Å². The van der Waals surface area contributed by atoms with Gasteiger partial charge in [-0.1, -0.05) is 0 Å². The Morgan fingerprint density at radius 2 is 2.29 bits per heavy atom. The number of carboxylic acid groups (broad SMARTS) is 1. The third-order valence-corrected chi connectivity index (χ3v) is 3.29. The second-order valence-electron chi connectivity index (χ2n) is 3.51. The molecule has 1 aromatic heterocycles. The Bertz CT molecular complexity index is 364. The Morgan fingerprint density at radius 3 is 2.88 bits per heavy atom. The molecule has 0 aliphatic rings. The van der Waals surface area contributed by atoms with E-state index in [0.717, 1.165) is 10.4 Å². The molecular weight excluding hydrogens is 242 g/mol. The van der Waals surface area contributed by atoms with Crippen LogP contribution < -0.4 is 5.32 Å². The summed E-state index contributed by atoms with van der Waals surface area (Å²) in [6.07, 6.45) is 0. The Kier molecular flexibility index (Phi) is 6.13. The number of aromatic carboxylic acids is 1. The van der Waals surface area contributed by atoms with E-state index in [9.17, 15) is 4.79 Å². The van der Waals surface area contributed by atoms with Crippen molar-refractivity contribution < 1.29 is 19.7 Å². The maximum Gasteiger partial charge on any atom is 0.345 e. The zero-order chi connectivity index (χ0) is 12.7. The van der Waals surface area contributed by atoms with E-state index in [2.05, 4.69) is 5.32 Å². The molecule has 1 aromatic rings. The number of rotatable bonds is 8. The molecule has 0 aromatic carbocycles. The molecule has 0 unspecified atom stereocenters. The number of nitrogens with one attached hydrogen (secondary N) is 1. The van der Waals surface area contributed by atoms with Crippen molar-refractivity contribution in [2.45, 2.75) is 13.5 Å². The third kappa shape index (κ3) is 4.82. The van der Waals surface area contributed by atoms with Crippen LogP contribution in [0, 0.1) is 6.92 Å². The van der Waals surface area contributed by atoms with E-state index in [1.54, 1.807) is 6.07 Å². The highest BCUT2D eigenvalue weighted by atomic mass is 32.1. The highest BCUT2D eigenvalue weighted by molar-refractivity contribution is 7.14. The Hall–Kier alpha value is -0.950. The van der Waals surface area contributed by atoms with Crippen molar-refractivity contribution in [1.82, 2.24) is 5.32 Å². The normalized spacial score (nSPS) is 10.7. The number of ether oxygens (including phenoxy) is 1. The SMILES string of the molecule is Cc1sc(C(=O)O)cc1CNCCOCCO. The minimum absolute atomic E-state index is 0.0333. The number of carboxylic acids is 1. The van der Waals surface area contributed by atoms with Gasteiger partial charge in [-0.05, 0) is 18.6 Å². The third-order valence-electron chi connectivity index (χ3n) is 2.21. The fourth-order valence-electron chi connectivity index (χ4n) is 1.33. The molecule has 0 saturated carbocycles. The summed E-state index contributed by atoms with van der Waals surface area (Å²) in [6.45, 7) is 4.15. The van der Waals surface area contributed by atoms with Gasteiger partial charge in [0.15, 0.2) is 0 Å². The smallest absolute Gasteiger partial charge is 0.345 e. The van der Waals surface area contributed by atoms with Gasteiger partial charge in [-0.25, -0.2) is 4.79 Å². The molecular formula is C11H17NO4S. The van der Waals surface area contributed by atoms with Crippen LogP contribution in [0.1, 0.15) is 20.1 Å². The van der Waals surface area contributed by atoms with Crippen LogP contribution in [0.2, 0.25) is 0 Å². The first-order chi connectivity index (χ1) is 8.15. The van der Waals surface area contributed by atoms with Gasteiger partial charge >= 0.3 is 5.97 Å². The molecule has 0 saturated heterocycles. The molecule has 0 amide bonds. The summed E-state index contributed by atoms with van der Waals surface area (Å²) in [4.78, 5) is 12.2. The Morgan fingerprint density at radius 1 is 1.53 bits per heavy atom. The standard InChI is InChI=1S/C11H17NO4S/c1-8-9(6-10(17-8)11(14)15)7-12-2-4-16-5-3-13/h6,12-13H,2-5,7H2,1H3,(H,14,15). The average molecular weight is 259 g/mol.